The largest absolute Gasteiger partial charge is 0.507 e. The molecule has 0 bridgehead atoms. The van der Waals surface area contributed by atoms with Gasteiger partial charge in [-0.25, -0.2) is 0 Å². The van der Waals surface area contributed by atoms with Gasteiger partial charge >= 0.3 is 0 Å². The molecule has 14 heavy (non-hydrogen) atoms. The molecule has 3 N–H and O–H groups in total. The van der Waals surface area contributed by atoms with Crippen LogP contribution in [-0.4, -0.2) is 10.1 Å². The number of aromatic nitrogens is 1. The lowest BCUT2D eigenvalue weighted by molar-refractivity contribution is 0.477. The monoisotopic (exact) mass is 186 g/mol. The van der Waals surface area contributed by atoms with Crippen LogP contribution < -0.4 is 5.73 Å². The van der Waals surface area contributed by atoms with Crippen molar-refractivity contribution in [2.45, 2.75) is 0 Å². The molecule has 1 heterocycles. The molecule has 0 spiro atoms. The quantitative estimate of drug-likeness (QED) is 0.670. The molecule has 0 unspecified atom stereocenters. The second kappa shape index (κ2) is 3.38. The Morgan fingerprint density at radius 3 is 2.43 bits per heavy atom. The molecule has 0 aliphatic heterocycles. The summed E-state index contributed by atoms with van der Waals surface area (Å²) in [5, 5.41) is 9.64. The zero-order valence-electron chi connectivity index (χ0n) is 7.51. The first-order valence-corrected chi connectivity index (χ1v) is 4.27. The highest BCUT2D eigenvalue weighted by Gasteiger charge is 2.06. The molecule has 0 aliphatic carbocycles. The standard InChI is InChI=1S/C11H10N2O/c12-9-2-1-3-10(14)11(9)8-4-6-13-7-5-8/h1-7,14H,12H2. The number of nitrogens with two attached hydrogens (primary N) is 1. The lowest BCUT2D eigenvalue weighted by Crippen LogP contribution is -1.90. The topological polar surface area (TPSA) is 59.1 Å². The SMILES string of the molecule is Nc1cccc(O)c1-c1ccncc1. The van der Waals surface area contributed by atoms with Crippen LogP contribution in [0.15, 0.2) is 42.7 Å². The fourth-order valence-corrected chi connectivity index (χ4v) is 1.39. The Bertz CT molecular complexity index is 420. The van der Waals surface area contributed by atoms with E-state index in [0.29, 0.717) is 11.3 Å². The van der Waals surface area contributed by atoms with E-state index in [4.69, 9.17) is 5.73 Å². The zero-order valence-corrected chi connectivity index (χ0v) is 7.51. The third kappa shape index (κ3) is 1.40. The van der Waals surface area contributed by atoms with Crippen molar-refractivity contribution in [1.82, 2.24) is 4.98 Å². The van der Waals surface area contributed by atoms with Crippen molar-refractivity contribution in [1.29, 1.82) is 0 Å². The van der Waals surface area contributed by atoms with Crippen LogP contribution in [0.5, 0.6) is 5.75 Å². The minimum Gasteiger partial charge on any atom is -0.507 e. The summed E-state index contributed by atoms with van der Waals surface area (Å²) >= 11 is 0. The summed E-state index contributed by atoms with van der Waals surface area (Å²) in [4.78, 5) is 3.91. The lowest BCUT2D eigenvalue weighted by atomic mass is 10.0. The molecule has 0 amide bonds. The number of hydrogen-bond acceptors (Lipinski definition) is 3. The fraction of sp³-hybridized carbons (Fsp3) is 0. The molecule has 0 fully saturated rings. The maximum absolute atomic E-state index is 9.64. The Labute approximate surface area is 81.8 Å². The second-order valence-corrected chi connectivity index (χ2v) is 2.98. The number of nitrogen functional groups attached to an aromatic ring is 1. The molecule has 0 aliphatic rings. The number of hydrogen-bond donors (Lipinski definition) is 2. The molecule has 1 aromatic carbocycles. The molecule has 2 rings (SSSR count). The average Bonchev–Trinajstić information content (AvgIpc) is 2.19. The number of rotatable bonds is 1. The van der Waals surface area contributed by atoms with Crippen LogP contribution in [0.3, 0.4) is 0 Å². The van der Waals surface area contributed by atoms with Crippen molar-refractivity contribution in [2.75, 3.05) is 5.73 Å². The van der Waals surface area contributed by atoms with Crippen molar-refractivity contribution in [3.8, 4) is 16.9 Å². The molecule has 70 valence electrons. The number of nitrogens with zero attached hydrogens (tertiary/aromatic N) is 1. The maximum atomic E-state index is 9.64. The normalized spacial score (nSPS) is 10.0. The van der Waals surface area contributed by atoms with Gasteiger partial charge in [-0.05, 0) is 29.8 Å². The highest BCUT2D eigenvalue weighted by atomic mass is 16.3. The molecule has 0 saturated carbocycles. The van der Waals surface area contributed by atoms with E-state index in [1.807, 2.05) is 12.1 Å². The van der Waals surface area contributed by atoms with Gasteiger partial charge in [-0.2, -0.15) is 0 Å². The smallest absolute Gasteiger partial charge is 0.125 e. The Morgan fingerprint density at radius 2 is 1.79 bits per heavy atom. The molecule has 3 heteroatoms. The van der Waals surface area contributed by atoms with E-state index in [-0.39, 0.29) is 5.75 Å². The van der Waals surface area contributed by atoms with Crippen molar-refractivity contribution in [3.63, 3.8) is 0 Å². The summed E-state index contributed by atoms with van der Waals surface area (Å²) in [6, 6.07) is 8.72. The molecule has 3 nitrogen and oxygen atoms in total. The van der Waals surface area contributed by atoms with Gasteiger partial charge in [0.1, 0.15) is 5.75 Å². The summed E-state index contributed by atoms with van der Waals surface area (Å²) < 4.78 is 0. The highest BCUT2D eigenvalue weighted by Crippen LogP contribution is 2.33. The van der Waals surface area contributed by atoms with Gasteiger partial charge in [0, 0.05) is 23.6 Å². The third-order valence-electron chi connectivity index (χ3n) is 2.04. The van der Waals surface area contributed by atoms with Crippen LogP contribution in [-0.2, 0) is 0 Å². The Kier molecular flexibility index (Phi) is 2.07. The van der Waals surface area contributed by atoms with Gasteiger partial charge in [0.2, 0.25) is 0 Å². The minimum absolute atomic E-state index is 0.191. The molecule has 0 saturated heterocycles. The second-order valence-electron chi connectivity index (χ2n) is 2.98. The highest BCUT2D eigenvalue weighted by molar-refractivity contribution is 5.81. The molecular formula is C11H10N2O. The first-order valence-electron chi connectivity index (χ1n) is 4.27. The third-order valence-corrected chi connectivity index (χ3v) is 2.04. The average molecular weight is 186 g/mol. The van der Waals surface area contributed by atoms with Gasteiger partial charge < -0.3 is 10.8 Å². The van der Waals surface area contributed by atoms with Crippen molar-refractivity contribution < 1.29 is 5.11 Å². The predicted molar refractivity (Wildman–Crippen MR) is 55.8 cm³/mol. The van der Waals surface area contributed by atoms with Crippen LogP contribution >= 0.6 is 0 Å². The summed E-state index contributed by atoms with van der Waals surface area (Å²) in [5.74, 6) is 0.191. The Balaban J connectivity index is 2.63. The number of phenolic OH excluding ortho intramolecular Hbond substituents is 1. The molecule has 2 aromatic rings. The summed E-state index contributed by atoms with van der Waals surface area (Å²) in [7, 11) is 0. The number of pyridine rings is 1. The van der Waals surface area contributed by atoms with Crippen LogP contribution in [0, 0.1) is 0 Å². The van der Waals surface area contributed by atoms with E-state index in [9.17, 15) is 5.11 Å². The Morgan fingerprint density at radius 1 is 1.07 bits per heavy atom. The van der Waals surface area contributed by atoms with Gasteiger partial charge in [-0.1, -0.05) is 6.07 Å². The van der Waals surface area contributed by atoms with Gasteiger partial charge in [0.15, 0.2) is 0 Å². The Hall–Kier alpha value is -2.03. The van der Waals surface area contributed by atoms with E-state index in [2.05, 4.69) is 4.98 Å². The first-order chi connectivity index (χ1) is 6.79. The van der Waals surface area contributed by atoms with Crippen LogP contribution in [0.1, 0.15) is 0 Å². The van der Waals surface area contributed by atoms with Gasteiger partial charge in [-0.3, -0.25) is 4.98 Å². The van der Waals surface area contributed by atoms with E-state index in [1.54, 1.807) is 30.6 Å². The van der Waals surface area contributed by atoms with Crippen LogP contribution in [0.25, 0.3) is 11.1 Å². The molecular weight excluding hydrogens is 176 g/mol. The number of benzene rings is 1. The lowest BCUT2D eigenvalue weighted by Gasteiger charge is -2.07. The van der Waals surface area contributed by atoms with E-state index in [1.165, 1.54) is 0 Å². The fourth-order valence-electron chi connectivity index (χ4n) is 1.39. The number of aromatic hydroxyl groups is 1. The molecule has 1 aromatic heterocycles. The van der Waals surface area contributed by atoms with Crippen molar-refractivity contribution >= 4 is 5.69 Å². The number of phenols is 1. The van der Waals surface area contributed by atoms with E-state index in [0.717, 1.165) is 5.56 Å². The van der Waals surface area contributed by atoms with Crippen LogP contribution in [0.2, 0.25) is 0 Å². The maximum Gasteiger partial charge on any atom is 0.125 e. The zero-order chi connectivity index (χ0) is 9.97. The van der Waals surface area contributed by atoms with Gasteiger partial charge in [0.25, 0.3) is 0 Å². The van der Waals surface area contributed by atoms with Gasteiger partial charge in [-0.15, -0.1) is 0 Å². The van der Waals surface area contributed by atoms with E-state index >= 15 is 0 Å². The minimum atomic E-state index is 0.191. The number of anilines is 1. The summed E-state index contributed by atoms with van der Waals surface area (Å²) in [5.41, 5.74) is 7.87. The van der Waals surface area contributed by atoms with Crippen molar-refractivity contribution in [3.05, 3.63) is 42.7 Å². The predicted octanol–water partition coefficient (Wildman–Crippen LogP) is 2.04. The first kappa shape index (κ1) is 8.56. The van der Waals surface area contributed by atoms with Crippen molar-refractivity contribution in [2.24, 2.45) is 0 Å². The molecule has 0 atom stereocenters. The summed E-state index contributed by atoms with van der Waals surface area (Å²) in [6.45, 7) is 0. The van der Waals surface area contributed by atoms with Crippen LogP contribution in [0.4, 0.5) is 5.69 Å². The van der Waals surface area contributed by atoms with Gasteiger partial charge in [0.05, 0.1) is 0 Å². The summed E-state index contributed by atoms with van der Waals surface area (Å²) in [6.07, 6.45) is 3.34. The van der Waals surface area contributed by atoms with E-state index < -0.39 is 0 Å². The molecule has 0 radical (unpaired) electrons.